The molecule has 1 aromatic rings. The van der Waals surface area contributed by atoms with Gasteiger partial charge in [-0.1, -0.05) is 30.3 Å². The minimum Gasteiger partial charge on any atom is -0.390 e. The maximum Gasteiger partial charge on any atom is 0.0659 e. The van der Waals surface area contributed by atoms with E-state index in [4.69, 9.17) is 0 Å². The SMILES string of the molecule is OC12CC3CC(C1)CC(C14CC5CC(CC(O)(C5)C1)C4c1ccccc1)(C3)C2. The average molecular weight is 379 g/mol. The summed E-state index contributed by atoms with van der Waals surface area (Å²) in [6, 6.07) is 11.3. The number of aliphatic hydroxyl groups is 2. The van der Waals surface area contributed by atoms with E-state index < -0.39 is 11.2 Å². The summed E-state index contributed by atoms with van der Waals surface area (Å²) in [5.41, 5.74) is 1.16. The van der Waals surface area contributed by atoms with Gasteiger partial charge in [0.05, 0.1) is 11.2 Å². The molecule has 7 atom stereocenters. The highest BCUT2D eigenvalue weighted by Gasteiger charge is 2.72. The molecule has 0 aromatic heterocycles. The first kappa shape index (κ1) is 16.9. The van der Waals surface area contributed by atoms with Gasteiger partial charge in [-0.25, -0.2) is 0 Å². The Morgan fingerprint density at radius 3 is 1.96 bits per heavy atom. The van der Waals surface area contributed by atoms with E-state index in [1.807, 2.05) is 0 Å². The monoisotopic (exact) mass is 378 g/mol. The van der Waals surface area contributed by atoms with Crippen LogP contribution in [0.3, 0.4) is 0 Å². The molecule has 2 nitrogen and oxygen atoms in total. The zero-order valence-corrected chi connectivity index (χ0v) is 16.9. The van der Waals surface area contributed by atoms with Gasteiger partial charge in [0.1, 0.15) is 0 Å². The number of hydrogen-bond acceptors (Lipinski definition) is 2. The van der Waals surface area contributed by atoms with E-state index in [2.05, 4.69) is 30.3 Å². The quantitative estimate of drug-likeness (QED) is 0.757. The fourth-order valence-corrected chi connectivity index (χ4v) is 10.9. The van der Waals surface area contributed by atoms with Crippen LogP contribution in [0.5, 0.6) is 0 Å². The second kappa shape index (κ2) is 5.06. The van der Waals surface area contributed by atoms with E-state index >= 15 is 0 Å². The predicted molar refractivity (Wildman–Crippen MR) is 109 cm³/mol. The lowest BCUT2D eigenvalue weighted by Crippen LogP contribution is -2.69. The zero-order chi connectivity index (χ0) is 18.8. The lowest BCUT2D eigenvalue weighted by Gasteiger charge is -2.75. The van der Waals surface area contributed by atoms with Crippen LogP contribution in [0, 0.1) is 34.5 Å². The summed E-state index contributed by atoms with van der Waals surface area (Å²) in [4.78, 5) is 0. The Balaban J connectivity index is 1.42. The van der Waals surface area contributed by atoms with Gasteiger partial charge in [0, 0.05) is 0 Å². The van der Waals surface area contributed by atoms with Gasteiger partial charge in [-0.05, 0) is 117 Å². The van der Waals surface area contributed by atoms with Gasteiger partial charge in [-0.15, -0.1) is 0 Å². The molecule has 8 aliphatic carbocycles. The number of rotatable bonds is 2. The Morgan fingerprint density at radius 2 is 1.32 bits per heavy atom. The van der Waals surface area contributed by atoms with Crippen molar-refractivity contribution in [1.29, 1.82) is 0 Å². The fourth-order valence-electron chi connectivity index (χ4n) is 10.9. The fraction of sp³-hybridized carbons (Fsp3) is 0.769. The summed E-state index contributed by atoms with van der Waals surface area (Å²) >= 11 is 0. The molecular weight excluding hydrogens is 344 g/mol. The van der Waals surface area contributed by atoms with E-state index in [9.17, 15) is 10.2 Å². The summed E-state index contributed by atoms with van der Waals surface area (Å²) in [6.07, 6.45) is 12.8. The van der Waals surface area contributed by atoms with Crippen molar-refractivity contribution in [3.8, 4) is 0 Å². The van der Waals surface area contributed by atoms with E-state index in [1.54, 1.807) is 0 Å². The summed E-state index contributed by atoms with van der Waals surface area (Å²) in [5.74, 6) is 3.39. The van der Waals surface area contributed by atoms with Gasteiger partial charge in [0.25, 0.3) is 0 Å². The second-order valence-corrected chi connectivity index (χ2v) is 12.4. The van der Waals surface area contributed by atoms with Crippen LogP contribution in [0.4, 0.5) is 0 Å². The third-order valence-corrected chi connectivity index (χ3v) is 10.6. The third kappa shape index (κ3) is 2.02. The highest BCUT2D eigenvalue weighted by atomic mass is 16.3. The van der Waals surface area contributed by atoms with Gasteiger partial charge in [-0.3, -0.25) is 0 Å². The minimum atomic E-state index is -0.428. The normalized spacial score (nSPS) is 58.4. The van der Waals surface area contributed by atoms with Crippen molar-refractivity contribution in [2.24, 2.45) is 34.5 Å². The molecule has 2 N–H and O–H groups in total. The molecule has 0 heterocycles. The van der Waals surface area contributed by atoms with Gasteiger partial charge in [0.15, 0.2) is 0 Å². The largest absolute Gasteiger partial charge is 0.390 e. The molecule has 8 fully saturated rings. The van der Waals surface area contributed by atoms with E-state index in [-0.39, 0.29) is 10.8 Å². The van der Waals surface area contributed by atoms with Crippen LogP contribution in [-0.4, -0.2) is 21.4 Å². The molecule has 28 heavy (non-hydrogen) atoms. The lowest BCUT2D eigenvalue weighted by molar-refractivity contribution is -0.274. The summed E-state index contributed by atoms with van der Waals surface area (Å²) < 4.78 is 0. The minimum absolute atomic E-state index is 0.207. The van der Waals surface area contributed by atoms with E-state index in [1.165, 1.54) is 37.7 Å². The number of benzene rings is 1. The molecular formula is C26H34O2. The molecule has 1 aromatic carbocycles. The van der Waals surface area contributed by atoms with Crippen molar-refractivity contribution in [3.05, 3.63) is 35.9 Å². The standard InChI is InChI=1S/C26H34O2/c27-24-10-17-6-18(11-24)9-23(8-17,15-24)26-13-19-7-21(14-25(28,12-19)16-26)22(26)20-4-2-1-3-5-20/h1-5,17-19,21-22,27-28H,6-16H2. The topological polar surface area (TPSA) is 40.5 Å². The molecule has 7 unspecified atom stereocenters. The Hall–Kier alpha value is -0.860. The van der Waals surface area contributed by atoms with E-state index in [0.29, 0.717) is 17.8 Å². The van der Waals surface area contributed by atoms with Crippen molar-refractivity contribution in [3.63, 3.8) is 0 Å². The predicted octanol–water partition coefficient (Wildman–Crippen LogP) is 5.04. The molecule has 150 valence electrons. The van der Waals surface area contributed by atoms with Crippen molar-refractivity contribution in [2.45, 2.75) is 87.7 Å². The highest BCUT2D eigenvalue weighted by Crippen LogP contribution is 2.79. The zero-order valence-electron chi connectivity index (χ0n) is 16.9. The van der Waals surface area contributed by atoms with Gasteiger partial charge in [-0.2, -0.15) is 0 Å². The average Bonchev–Trinajstić information content (AvgIpc) is 2.58. The maximum absolute atomic E-state index is 11.6. The second-order valence-electron chi connectivity index (χ2n) is 12.4. The van der Waals surface area contributed by atoms with Crippen molar-refractivity contribution in [2.75, 3.05) is 0 Å². The third-order valence-electron chi connectivity index (χ3n) is 10.6. The molecule has 8 saturated carbocycles. The summed E-state index contributed by atoms with van der Waals surface area (Å²) in [7, 11) is 0. The van der Waals surface area contributed by atoms with Gasteiger partial charge >= 0.3 is 0 Å². The van der Waals surface area contributed by atoms with Crippen LogP contribution >= 0.6 is 0 Å². The van der Waals surface area contributed by atoms with Crippen LogP contribution in [0.1, 0.15) is 82.1 Å². The first-order valence-corrected chi connectivity index (χ1v) is 11.9. The van der Waals surface area contributed by atoms with Crippen molar-refractivity contribution >= 4 is 0 Å². The highest BCUT2D eigenvalue weighted by molar-refractivity contribution is 5.32. The van der Waals surface area contributed by atoms with Crippen LogP contribution in [0.15, 0.2) is 30.3 Å². The van der Waals surface area contributed by atoms with Crippen LogP contribution in [0.2, 0.25) is 0 Å². The maximum atomic E-state index is 11.6. The Labute approximate surface area is 168 Å². The first-order chi connectivity index (χ1) is 13.4. The van der Waals surface area contributed by atoms with Crippen LogP contribution in [-0.2, 0) is 0 Å². The van der Waals surface area contributed by atoms with Crippen LogP contribution < -0.4 is 0 Å². The van der Waals surface area contributed by atoms with Crippen LogP contribution in [0.25, 0.3) is 0 Å². The molecule has 0 saturated heterocycles. The lowest BCUT2D eigenvalue weighted by atomic mass is 9.31. The molecule has 9 rings (SSSR count). The van der Waals surface area contributed by atoms with Gasteiger partial charge in [0.2, 0.25) is 0 Å². The molecule has 0 amide bonds. The molecule has 8 bridgehead atoms. The molecule has 8 aliphatic rings. The first-order valence-electron chi connectivity index (χ1n) is 11.9. The number of hydrogen-bond donors (Lipinski definition) is 2. The van der Waals surface area contributed by atoms with Crippen molar-refractivity contribution < 1.29 is 10.2 Å². The van der Waals surface area contributed by atoms with E-state index in [0.717, 1.165) is 50.4 Å². The summed E-state index contributed by atoms with van der Waals surface area (Å²) in [6.45, 7) is 0. The van der Waals surface area contributed by atoms with Gasteiger partial charge < -0.3 is 10.2 Å². The molecule has 0 aliphatic heterocycles. The smallest absolute Gasteiger partial charge is 0.0659 e. The molecule has 0 radical (unpaired) electrons. The Kier molecular flexibility index (Phi) is 3.05. The Bertz CT molecular complexity index is 803. The Morgan fingerprint density at radius 1 is 0.679 bits per heavy atom. The van der Waals surface area contributed by atoms with Crippen molar-refractivity contribution in [1.82, 2.24) is 0 Å². The summed E-state index contributed by atoms with van der Waals surface area (Å²) in [5, 5.41) is 23.2. The molecule has 2 heteroatoms. The molecule has 0 spiro atoms.